The summed E-state index contributed by atoms with van der Waals surface area (Å²) in [6.45, 7) is 3.32. The van der Waals surface area contributed by atoms with E-state index in [0.717, 1.165) is 26.0 Å². The van der Waals surface area contributed by atoms with E-state index in [0.29, 0.717) is 0 Å². The minimum atomic E-state index is -0.0186. The van der Waals surface area contributed by atoms with Gasteiger partial charge in [-0.05, 0) is 25.8 Å². The van der Waals surface area contributed by atoms with Crippen LogP contribution in [0.25, 0.3) is 0 Å². The summed E-state index contributed by atoms with van der Waals surface area (Å²) in [5.41, 5.74) is 0. The standard InChI is InChI=1S/C9H17NO2/c1-3-6-9(11)10-7-4-5-8-12-2/h3,6H,4-5,7-8H2,1-2H3,(H,10,11). The summed E-state index contributed by atoms with van der Waals surface area (Å²) in [6.07, 6.45) is 5.21. The molecule has 3 nitrogen and oxygen atoms in total. The molecule has 0 aromatic heterocycles. The van der Waals surface area contributed by atoms with Gasteiger partial charge < -0.3 is 10.1 Å². The summed E-state index contributed by atoms with van der Waals surface area (Å²) < 4.78 is 4.87. The van der Waals surface area contributed by atoms with Crippen molar-refractivity contribution in [3.05, 3.63) is 12.2 Å². The molecule has 0 aliphatic carbocycles. The molecular weight excluding hydrogens is 154 g/mol. The number of carbonyl (C=O) groups excluding carboxylic acids is 1. The van der Waals surface area contributed by atoms with Crippen LogP contribution in [0.4, 0.5) is 0 Å². The lowest BCUT2D eigenvalue weighted by Gasteiger charge is -2.00. The Bertz CT molecular complexity index is 143. The van der Waals surface area contributed by atoms with Crippen LogP contribution in [0.15, 0.2) is 12.2 Å². The van der Waals surface area contributed by atoms with Crippen LogP contribution in [-0.2, 0) is 9.53 Å². The molecule has 0 aliphatic heterocycles. The van der Waals surface area contributed by atoms with E-state index in [4.69, 9.17) is 4.74 Å². The van der Waals surface area contributed by atoms with Crippen molar-refractivity contribution in [1.29, 1.82) is 0 Å². The molecule has 0 fully saturated rings. The second-order valence-electron chi connectivity index (χ2n) is 2.49. The van der Waals surface area contributed by atoms with Gasteiger partial charge in [-0.25, -0.2) is 0 Å². The van der Waals surface area contributed by atoms with E-state index in [-0.39, 0.29) is 5.91 Å². The van der Waals surface area contributed by atoms with Gasteiger partial charge in [0.2, 0.25) is 5.91 Å². The second kappa shape index (κ2) is 8.27. The van der Waals surface area contributed by atoms with Crippen molar-refractivity contribution in [3.63, 3.8) is 0 Å². The minimum absolute atomic E-state index is 0.0186. The van der Waals surface area contributed by atoms with E-state index in [2.05, 4.69) is 5.32 Å². The zero-order valence-electron chi connectivity index (χ0n) is 7.80. The Morgan fingerprint density at radius 1 is 1.50 bits per heavy atom. The van der Waals surface area contributed by atoms with Crippen LogP contribution in [0.3, 0.4) is 0 Å². The molecule has 0 radical (unpaired) electrons. The number of allylic oxidation sites excluding steroid dienone is 1. The van der Waals surface area contributed by atoms with Crippen LogP contribution in [0.1, 0.15) is 19.8 Å². The maximum absolute atomic E-state index is 10.8. The fourth-order valence-corrected chi connectivity index (χ4v) is 0.793. The summed E-state index contributed by atoms with van der Waals surface area (Å²) >= 11 is 0. The summed E-state index contributed by atoms with van der Waals surface area (Å²) in [5.74, 6) is -0.0186. The SMILES string of the molecule is CC=CC(=O)NCCCCOC. The normalized spacial score (nSPS) is 10.5. The van der Waals surface area contributed by atoms with Crippen molar-refractivity contribution in [3.8, 4) is 0 Å². The van der Waals surface area contributed by atoms with Gasteiger partial charge in [0.15, 0.2) is 0 Å². The molecule has 1 N–H and O–H groups in total. The van der Waals surface area contributed by atoms with Gasteiger partial charge in [0.05, 0.1) is 0 Å². The lowest BCUT2D eigenvalue weighted by Crippen LogP contribution is -2.22. The number of unbranched alkanes of at least 4 members (excludes halogenated alkanes) is 1. The van der Waals surface area contributed by atoms with Crippen molar-refractivity contribution >= 4 is 5.91 Å². The number of amides is 1. The molecule has 0 aromatic rings. The van der Waals surface area contributed by atoms with Crippen LogP contribution >= 0.6 is 0 Å². The van der Waals surface area contributed by atoms with E-state index in [1.807, 2.05) is 6.92 Å². The molecule has 3 heteroatoms. The predicted molar refractivity (Wildman–Crippen MR) is 48.9 cm³/mol. The molecule has 0 bridgehead atoms. The summed E-state index contributed by atoms with van der Waals surface area (Å²) in [5, 5.41) is 2.76. The number of rotatable bonds is 6. The van der Waals surface area contributed by atoms with E-state index >= 15 is 0 Å². The van der Waals surface area contributed by atoms with Gasteiger partial charge >= 0.3 is 0 Å². The van der Waals surface area contributed by atoms with Crippen LogP contribution in [0.5, 0.6) is 0 Å². The van der Waals surface area contributed by atoms with E-state index in [9.17, 15) is 4.79 Å². The van der Waals surface area contributed by atoms with Crippen LogP contribution < -0.4 is 5.32 Å². The van der Waals surface area contributed by atoms with Gasteiger partial charge in [-0.1, -0.05) is 6.08 Å². The Labute approximate surface area is 73.8 Å². The van der Waals surface area contributed by atoms with Crippen molar-refractivity contribution < 1.29 is 9.53 Å². The lowest BCUT2D eigenvalue weighted by molar-refractivity contribution is -0.116. The van der Waals surface area contributed by atoms with E-state index < -0.39 is 0 Å². The summed E-state index contributed by atoms with van der Waals surface area (Å²) in [4.78, 5) is 10.8. The van der Waals surface area contributed by atoms with Crippen molar-refractivity contribution in [2.45, 2.75) is 19.8 Å². The van der Waals surface area contributed by atoms with Crippen molar-refractivity contribution in [2.24, 2.45) is 0 Å². The Morgan fingerprint density at radius 3 is 2.83 bits per heavy atom. The molecule has 0 unspecified atom stereocenters. The van der Waals surface area contributed by atoms with Crippen LogP contribution in [0.2, 0.25) is 0 Å². The molecule has 0 aliphatic rings. The predicted octanol–water partition coefficient (Wildman–Crippen LogP) is 1.11. The molecule has 0 rings (SSSR count). The van der Waals surface area contributed by atoms with Gasteiger partial charge in [-0.15, -0.1) is 0 Å². The highest BCUT2D eigenvalue weighted by molar-refractivity contribution is 5.87. The second-order valence-corrected chi connectivity index (χ2v) is 2.49. The molecule has 0 saturated heterocycles. The number of nitrogens with one attached hydrogen (secondary N) is 1. The molecule has 1 amide bonds. The van der Waals surface area contributed by atoms with E-state index in [1.54, 1.807) is 13.2 Å². The first-order valence-corrected chi connectivity index (χ1v) is 4.20. The molecule has 0 aromatic carbocycles. The third-order valence-electron chi connectivity index (χ3n) is 1.39. The lowest BCUT2D eigenvalue weighted by atomic mass is 10.3. The Balaban J connectivity index is 3.14. The van der Waals surface area contributed by atoms with Crippen molar-refractivity contribution in [1.82, 2.24) is 5.32 Å². The summed E-state index contributed by atoms with van der Waals surface area (Å²) in [7, 11) is 1.68. The largest absolute Gasteiger partial charge is 0.385 e. The fraction of sp³-hybridized carbons (Fsp3) is 0.667. The quantitative estimate of drug-likeness (QED) is 0.480. The van der Waals surface area contributed by atoms with E-state index in [1.165, 1.54) is 6.08 Å². The van der Waals surface area contributed by atoms with Gasteiger partial charge in [-0.2, -0.15) is 0 Å². The number of ether oxygens (including phenoxy) is 1. The molecular formula is C9H17NO2. The zero-order valence-corrected chi connectivity index (χ0v) is 7.80. The third kappa shape index (κ3) is 7.28. The van der Waals surface area contributed by atoms with Gasteiger partial charge in [0.25, 0.3) is 0 Å². The van der Waals surface area contributed by atoms with Gasteiger partial charge in [-0.3, -0.25) is 4.79 Å². The maximum Gasteiger partial charge on any atom is 0.243 e. The Morgan fingerprint density at radius 2 is 2.25 bits per heavy atom. The monoisotopic (exact) mass is 171 g/mol. The number of hydrogen-bond acceptors (Lipinski definition) is 2. The molecule has 0 heterocycles. The topological polar surface area (TPSA) is 38.3 Å². The molecule has 70 valence electrons. The Kier molecular flexibility index (Phi) is 7.70. The van der Waals surface area contributed by atoms with Crippen molar-refractivity contribution in [2.75, 3.05) is 20.3 Å². The number of hydrogen-bond donors (Lipinski definition) is 1. The smallest absolute Gasteiger partial charge is 0.243 e. The first kappa shape index (κ1) is 11.2. The zero-order chi connectivity index (χ0) is 9.23. The first-order valence-electron chi connectivity index (χ1n) is 4.20. The van der Waals surface area contributed by atoms with Crippen LogP contribution in [-0.4, -0.2) is 26.2 Å². The van der Waals surface area contributed by atoms with Gasteiger partial charge in [0, 0.05) is 20.3 Å². The highest BCUT2D eigenvalue weighted by atomic mass is 16.5. The highest BCUT2D eigenvalue weighted by Gasteiger charge is 1.92. The molecule has 12 heavy (non-hydrogen) atoms. The fourth-order valence-electron chi connectivity index (χ4n) is 0.793. The molecule has 0 saturated carbocycles. The minimum Gasteiger partial charge on any atom is -0.385 e. The third-order valence-corrected chi connectivity index (χ3v) is 1.39. The first-order chi connectivity index (χ1) is 5.81. The maximum atomic E-state index is 10.8. The van der Waals surface area contributed by atoms with Crippen LogP contribution in [0, 0.1) is 0 Å². The highest BCUT2D eigenvalue weighted by Crippen LogP contribution is 1.86. The number of methoxy groups -OCH3 is 1. The Hall–Kier alpha value is -0.830. The average Bonchev–Trinajstić information content (AvgIpc) is 2.05. The number of carbonyl (C=O) groups is 1. The van der Waals surface area contributed by atoms with Gasteiger partial charge in [0.1, 0.15) is 0 Å². The summed E-state index contributed by atoms with van der Waals surface area (Å²) in [6, 6.07) is 0. The molecule has 0 atom stereocenters. The average molecular weight is 171 g/mol. The molecule has 0 spiro atoms.